The van der Waals surface area contributed by atoms with Gasteiger partial charge in [0.1, 0.15) is 0 Å². The first kappa shape index (κ1) is 15.4. The van der Waals surface area contributed by atoms with Gasteiger partial charge in [0.15, 0.2) is 11.5 Å². The van der Waals surface area contributed by atoms with Gasteiger partial charge in [-0.1, -0.05) is 27.7 Å². The van der Waals surface area contributed by atoms with Crippen LogP contribution in [0.3, 0.4) is 0 Å². The highest BCUT2D eigenvalue weighted by Gasteiger charge is 2.17. The minimum absolute atomic E-state index is 0.0967. The number of amides is 1. The number of hydrogen-bond acceptors (Lipinski definition) is 4. The van der Waals surface area contributed by atoms with E-state index < -0.39 is 0 Å². The molecular formula is C14H22N2O3. The van der Waals surface area contributed by atoms with Crippen molar-refractivity contribution >= 4 is 11.7 Å². The van der Waals surface area contributed by atoms with E-state index in [0.29, 0.717) is 19.1 Å². The van der Waals surface area contributed by atoms with Crippen LogP contribution in [0.2, 0.25) is 0 Å². The summed E-state index contributed by atoms with van der Waals surface area (Å²) in [5.74, 6) is -0.125. The van der Waals surface area contributed by atoms with Crippen LogP contribution in [0.15, 0.2) is 16.5 Å². The molecule has 0 radical (unpaired) electrons. The summed E-state index contributed by atoms with van der Waals surface area (Å²) >= 11 is 0. The van der Waals surface area contributed by atoms with Gasteiger partial charge in [0, 0.05) is 25.0 Å². The van der Waals surface area contributed by atoms with Crippen molar-refractivity contribution in [3.05, 3.63) is 23.7 Å². The van der Waals surface area contributed by atoms with Crippen LogP contribution < -0.4 is 10.6 Å². The van der Waals surface area contributed by atoms with E-state index in [4.69, 9.17) is 4.42 Å². The highest BCUT2D eigenvalue weighted by Crippen LogP contribution is 2.12. The summed E-state index contributed by atoms with van der Waals surface area (Å²) in [6.07, 6.45) is 0. The summed E-state index contributed by atoms with van der Waals surface area (Å²) in [7, 11) is 0. The summed E-state index contributed by atoms with van der Waals surface area (Å²) in [4.78, 5) is 23.4. The summed E-state index contributed by atoms with van der Waals surface area (Å²) in [6, 6.07) is 3.46. The molecule has 106 valence electrons. The lowest BCUT2D eigenvalue weighted by Gasteiger charge is -2.08. The predicted molar refractivity (Wildman–Crippen MR) is 73.3 cm³/mol. The van der Waals surface area contributed by atoms with Crippen LogP contribution in [0.5, 0.6) is 0 Å². The Bertz CT molecular complexity index is 436. The molecule has 19 heavy (non-hydrogen) atoms. The lowest BCUT2D eigenvalue weighted by atomic mass is 10.1. The normalized spacial score (nSPS) is 11.1. The molecule has 0 atom stereocenters. The SMILES string of the molecule is CC(C)NCCNC(=O)c1ccc(C(=O)C(C)C)o1. The minimum Gasteiger partial charge on any atom is -0.448 e. The molecule has 0 saturated carbocycles. The van der Waals surface area contributed by atoms with E-state index >= 15 is 0 Å². The van der Waals surface area contributed by atoms with Crippen LogP contribution in [0.1, 0.15) is 48.8 Å². The lowest BCUT2D eigenvalue weighted by molar-refractivity contribution is 0.0892. The number of rotatable bonds is 7. The smallest absolute Gasteiger partial charge is 0.287 e. The number of Topliss-reactive ketones (excluding diaryl/α,β-unsaturated/α-hetero) is 1. The fourth-order valence-corrected chi connectivity index (χ4v) is 1.50. The topological polar surface area (TPSA) is 71.3 Å². The maximum Gasteiger partial charge on any atom is 0.287 e. The van der Waals surface area contributed by atoms with Gasteiger partial charge in [0.05, 0.1) is 0 Å². The standard InChI is InChI=1S/C14H22N2O3/c1-9(2)13(17)11-5-6-12(19-11)14(18)16-8-7-15-10(3)4/h5-6,9-10,15H,7-8H2,1-4H3,(H,16,18). The summed E-state index contributed by atoms with van der Waals surface area (Å²) in [6.45, 7) is 8.88. The Balaban J connectivity index is 2.47. The summed E-state index contributed by atoms with van der Waals surface area (Å²) in [5.41, 5.74) is 0. The van der Waals surface area contributed by atoms with Crippen LogP contribution in [0.4, 0.5) is 0 Å². The molecule has 0 bridgehead atoms. The monoisotopic (exact) mass is 266 g/mol. The summed E-state index contributed by atoms with van der Waals surface area (Å²) < 4.78 is 5.26. The maximum absolute atomic E-state index is 11.8. The zero-order valence-electron chi connectivity index (χ0n) is 11.9. The molecule has 1 aromatic heterocycles. The van der Waals surface area contributed by atoms with Gasteiger partial charge in [-0.3, -0.25) is 9.59 Å². The van der Waals surface area contributed by atoms with E-state index in [9.17, 15) is 9.59 Å². The average molecular weight is 266 g/mol. The molecule has 0 saturated heterocycles. The molecule has 0 aliphatic carbocycles. The third kappa shape index (κ3) is 4.87. The molecule has 0 aromatic carbocycles. The highest BCUT2D eigenvalue weighted by atomic mass is 16.4. The van der Waals surface area contributed by atoms with Crippen molar-refractivity contribution in [2.45, 2.75) is 33.7 Å². The van der Waals surface area contributed by atoms with Crippen molar-refractivity contribution in [1.82, 2.24) is 10.6 Å². The van der Waals surface area contributed by atoms with E-state index in [-0.39, 0.29) is 29.1 Å². The quantitative estimate of drug-likeness (QED) is 0.583. The Morgan fingerprint density at radius 1 is 1.11 bits per heavy atom. The zero-order chi connectivity index (χ0) is 14.4. The average Bonchev–Trinajstić information content (AvgIpc) is 2.82. The molecule has 0 aliphatic rings. The van der Waals surface area contributed by atoms with Gasteiger partial charge in [-0.2, -0.15) is 0 Å². The molecule has 1 heterocycles. The molecule has 1 amide bonds. The molecule has 5 heteroatoms. The first-order valence-corrected chi connectivity index (χ1v) is 6.57. The molecular weight excluding hydrogens is 244 g/mol. The second-order valence-corrected chi connectivity index (χ2v) is 5.05. The lowest BCUT2D eigenvalue weighted by Crippen LogP contribution is -2.34. The van der Waals surface area contributed by atoms with Gasteiger partial charge in [-0.25, -0.2) is 0 Å². The van der Waals surface area contributed by atoms with Crippen molar-refractivity contribution < 1.29 is 14.0 Å². The van der Waals surface area contributed by atoms with Crippen LogP contribution in [-0.4, -0.2) is 30.8 Å². The number of hydrogen-bond donors (Lipinski definition) is 2. The molecule has 5 nitrogen and oxygen atoms in total. The largest absolute Gasteiger partial charge is 0.448 e. The second-order valence-electron chi connectivity index (χ2n) is 5.05. The Labute approximate surface area is 113 Å². The van der Waals surface area contributed by atoms with Crippen molar-refractivity contribution in [1.29, 1.82) is 0 Å². The molecule has 2 N–H and O–H groups in total. The Morgan fingerprint density at radius 3 is 2.32 bits per heavy atom. The zero-order valence-corrected chi connectivity index (χ0v) is 11.9. The third-order valence-corrected chi connectivity index (χ3v) is 2.56. The number of ketones is 1. The van der Waals surface area contributed by atoms with Crippen molar-refractivity contribution in [2.75, 3.05) is 13.1 Å². The third-order valence-electron chi connectivity index (χ3n) is 2.56. The first-order chi connectivity index (χ1) is 8.91. The fourth-order valence-electron chi connectivity index (χ4n) is 1.50. The summed E-state index contributed by atoms with van der Waals surface area (Å²) in [5, 5.41) is 5.92. The number of nitrogens with one attached hydrogen (secondary N) is 2. The molecule has 0 fully saturated rings. The Morgan fingerprint density at radius 2 is 1.74 bits per heavy atom. The fraction of sp³-hybridized carbons (Fsp3) is 0.571. The second kappa shape index (κ2) is 7.09. The van der Waals surface area contributed by atoms with Crippen LogP contribution >= 0.6 is 0 Å². The minimum atomic E-state index is -0.298. The van der Waals surface area contributed by atoms with Gasteiger partial charge in [0.2, 0.25) is 5.78 Å². The van der Waals surface area contributed by atoms with E-state index in [1.807, 2.05) is 13.8 Å². The van der Waals surface area contributed by atoms with Crippen LogP contribution in [0, 0.1) is 5.92 Å². The van der Waals surface area contributed by atoms with Crippen molar-refractivity contribution in [3.63, 3.8) is 0 Å². The van der Waals surface area contributed by atoms with E-state index in [1.54, 1.807) is 19.9 Å². The van der Waals surface area contributed by atoms with Gasteiger partial charge in [-0.05, 0) is 12.1 Å². The Hall–Kier alpha value is -1.62. The van der Waals surface area contributed by atoms with Gasteiger partial charge < -0.3 is 15.1 Å². The maximum atomic E-state index is 11.8. The van der Waals surface area contributed by atoms with Crippen LogP contribution in [-0.2, 0) is 0 Å². The molecule has 0 spiro atoms. The van der Waals surface area contributed by atoms with E-state index in [1.165, 1.54) is 6.07 Å². The van der Waals surface area contributed by atoms with Crippen LogP contribution in [0.25, 0.3) is 0 Å². The Kier molecular flexibility index (Phi) is 5.76. The predicted octanol–water partition coefficient (Wildman–Crippen LogP) is 1.85. The van der Waals surface area contributed by atoms with Gasteiger partial charge in [-0.15, -0.1) is 0 Å². The molecule has 1 aromatic rings. The van der Waals surface area contributed by atoms with E-state index in [2.05, 4.69) is 10.6 Å². The number of carbonyl (C=O) groups is 2. The number of furan rings is 1. The first-order valence-electron chi connectivity index (χ1n) is 6.57. The van der Waals surface area contributed by atoms with Crippen molar-refractivity contribution in [3.8, 4) is 0 Å². The van der Waals surface area contributed by atoms with E-state index in [0.717, 1.165) is 0 Å². The van der Waals surface area contributed by atoms with Crippen molar-refractivity contribution in [2.24, 2.45) is 5.92 Å². The molecule has 0 aliphatic heterocycles. The van der Waals surface area contributed by atoms with Gasteiger partial charge in [0.25, 0.3) is 5.91 Å². The van der Waals surface area contributed by atoms with Gasteiger partial charge >= 0.3 is 0 Å². The molecule has 1 rings (SSSR count). The highest BCUT2D eigenvalue weighted by molar-refractivity contribution is 5.97. The molecule has 0 unspecified atom stereocenters. The number of carbonyl (C=O) groups excluding carboxylic acids is 2.